The second kappa shape index (κ2) is 11.2. The first-order chi connectivity index (χ1) is 15.1. The van der Waals surface area contributed by atoms with Crippen molar-refractivity contribution in [2.75, 3.05) is 33.3 Å². The van der Waals surface area contributed by atoms with E-state index >= 15 is 0 Å². The van der Waals surface area contributed by atoms with Crippen LogP contribution >= 0.6 is 24.0 Å². The zero-order chi connectivity index (χ0) is 21.8. The summed E-state index contributed by atoms with van der Waals surface area (Å²) in [4.78, 5) is 31.2. The molecule has 2 aliphatic carbocycles. The molecule has 7 nitrogen and oxygen atoms in total. The highest BCUT2D eigenvalue weighted by atomic mass is 127. The third kappa shape index (κ3) is 5.10. The molecule has 0 aromatic heterocycles. The lowest BCUT2D eigenvalue weighted by atomic mass is 9.85. The van der Waals surface area contributed by atoms with Crippen molar-refractivity contribution in [3.8, 4) is 5.75 Å². The number of nitrogens with zero attached hydrogens (tertiary/aromatic N) is 2. The first-order valence-electron chi connectivity index (χ1n) is 11.3. The SMILES string of the molecule is CCOc1cccc(CCNC(=NC)NCCCN2C(=O)C3C4C=CC(C4)C3C2=O)c1.I. The minimum atomic E-state index is -0.105. The summed E-state index contributed by atoms with van der Waals surface area (Å²) in [6, 6.07) is 8.11. The molecule has 4 atom stereocenters. The second-order valence-corrected chi connectivity index (χ2v) is 8.44. The zero-order valence-corrected chi connectivity index (χ0v) is 21.1. The highest BCUT2D eigenvalue weighted by Gasteiger charge is 2.58. The molecular formula is C24H33IN4O3. The predicted octanol–water partition coefficient (Wildman–Crippen LogP) is 2.61. The lowest BCUT2D eigenvalue weighted by Gasteiger charge is -2.18. The first kappa shape index (κ1) is 24.5. The number of halogens is 1. The van der Waals surface area contributed by atoms with Crippen LogP contribution in [0.5, 0.6) is 5.75 Å². The van der Waals surface area contributed by atoms with Crippen LogP contribution < -0.4 is 15.4 Å². The van der Waals surface area contributed by atoms with Crippen LogP contribution in [0, 0.1) is 23.7 Å². The van der Waals surface area contributed by atoms with Crippen LogP contribution in [0.4, 0.5) is 0 Å². The van der Waals surface area contributed by atoms with E-state index in [9.17, 15) is 9.59 Å². The number of hydrogen-bond donors (Lipinski definition) is 2. The van der Waals surface area contributed by atoms with Crippen molar-refractivity contribution in [3.63, 3.8) is 0 Å². The van der Waals surface area contributed by atoms with Gasteiger partial charge in [0.25, 0.3) is 0 Å². The lowest BCUT2D eigenvalue weighted by Crippen LogP contribution is -2.40. The van der Waals surface area contributed by atoms with Gasteiger partial charge in [0.05, 0.1) is 18.4 Å². The Kier molecular flexibility index (Phi) is 8.56. The van der Waals surface area contributed by atoms with Crippen LogP contribution in [0.25, 0.3) is 0 Å². The summed E-state index contributed by atoms with van der Waals surface area (Å²) in [7, 11) is 1.74. The first-order valence-corrected chi connectivity index (χ1v) is 11.3. The number of guanidine groups is 1. The molecular weight excluding hydrogens is 519 g/mol. The molecule has 1 saturated heterocycles. The molecule has 2 bridgehead atoms. The van der Waals surface area contributed by atoms with Crippen LogP contribution in [0.3, 0.4) is 0 Å². The number of nitrogens with one attached hydrogen (secondary N) is 2. The largest absolute Gasteiger partial charge is 0.494 e. The third-order valence-electron chi connectivity index (χ3n) is 6.55. The molecule has 1 saturated carbocycles. The van der Waals surface area contributed by atoms with E-state index in [1.165, 1.54) is 10.5 Å². The summed E-state index contributed by atoms with van der Waals surface area (Å²) >= 11 is 0. The van der Waals surface area contributed by atoms with Crippen LogP contribution in [-0.2, 0) is 16.0 Å². The van der Waals surface area contributed by atoms with Gasteiger partial charge in [0.2, 0.25) is 11.8 Å². The van der Waals surface area contributed by atoms with Gasteiger partial charge in [0, 0.05) is 26.7 Å². The third-order valence-corrected chi connectivity index (χ3v) is 6.55. The number of carbonyl (C=O) groups is 2. The number of rotatable bonds is 9. The summed E-state index contributed by atoms with van der Waals surface area (Å²) in [5, 5.41) is 6.58. The fraction of sp³-hybridized carbons (Fsp3) is 0.542. The van der Waals surface area contributed by atoms with Crippen molar-refractivity contribution < 1.29 is 14.3 Å². The monoisotopic (exact) mass is 552 g/mol. The number of amides is 2. The van der Waals surface area contributed by atoms with Crippen molar-refractivity contribution in [1.82, 2.24) is 15.5 Å². The van der Waals surface area contributed by atoms with Crippen molar-refractivity contribution in [2.45, 2.75) is 26.2 Å². The van der Waals surface area contributed by atoms with E-state index in [0.717, 1.165) is 31.1 Å². The van der Waals surface area contributed by atoms with Crippen LogP contribution in [0.2, 0.25) is 0 Å². The fourth-order valence-corrected chi connectivity index (χ4v) is 5.13. The van der Waals surface area contributed by atoms with Gasteiger partial charge in [0.1, 0.15) is 5.75 Å². The molecule has 1 aliphatic heterocycles. The molecule has 1 aromatic rings. The molecule has 174 valence electrons. The van der Waals surface area contributed by atoms with E-state index in [2.05, 4.69) is 39.9 Å². The second-order valence-electron chi connectivity index (χ2n) is 8.44. The predicted molar refractivity (Wildman–Crippen MR) is 135 cm³/mol. The van der Waals surface area contributed by atoms with E-state index in [1.807, 2.05) is 19.1 Å². The topological polar surface area (TPSA) is 83.0 Å². The van der Waals surface area contributed by atoms with Crippen molar-refractivity contribution >= 4 is 41.8 Å². The Labute approximate surface area is 207 Å². The van der Waals surface area contributed by atoms with E-state index < -0.39 is 0 Å². The van der Waals surface area contributed by atoms with Gasteiger partial charge in [-0.05, 0) is 55.7 Å². The Balaban J connectivity index is 0.00000289. The quantitative estimate of drug-likeness (QED) is 0.123. The molecule has 2 amide bonds. The maximum atomic E-state index is 12.7. The number of hydrogen-bond acceptors (Lipinski definition) is 4. The summed E-state index contributed by atoms with van der Waals surface area (Å²) in [6.45, 7) is 4.51. The van der Waals surface area contributed by atoms with E-state index in [-0.39, 0.29) is 59.5 Å². The van der Waals surface area contributed by atoms with Gasteiger partial charge < -0.3 is 15.4 Å². The zero-order valence-electron chi connectivity index (χ0n) is 18.8. The number of carbonyl (C=O) groups excluding carboxylic acids is 2. The molecule has 4 unspecified atom stereocenters. The van der Waals surface area contributed by atoms with E-state index in [4.69, 9.17) is 4.74 Å². The van der Waals surface area contributed by atoms with E-state index in [0.29, 0.717) is 26.1 Å². The summed E-state index contributed by atoms with van der Waals surface area (Å²) in [5.41, 5.74) is 1.20. The maximum Gasteiger partial charge on any atom is 0.233 e. The minimum Gasteiger partial charge on any atom is -0.494 e. The number of ether oxygens (including phenoxy) is 1. The van der Waals surface area contributed by atoms with Crippen molar-refractivity contribution in [2.24, 2.45) is 28.7 Å². The molecule has 4 rings (SSSR count). The maximum absolute atomic E-state index is 12.7. The number of imide groups is 1. The van der Waals surface area contributed by atoms with Crippen LogP contribution in [-0.4, -0.2) is 56.0 Å². The number of likely N-dealkylation sites (tertiary alicyclic amines) is 1. The van der Waals surface area contributed by atoms with Gasteiger partial charge in [-0.2, -0.15) is 0 Å². The average Bonchev–Trinajstić information content (AvgIpc) is 3.45. The van der Waals surface area contributed by atoms with Crippen LogP contribution in [0.1, 0.15) is 25.3 Å². The Bertz CT molecular complexity index is 858. The van der Waals surface area contributed by atoms with Gasteiger partial charge in [-0.15, -0.1) is 24.0 Å². The summed E-state index contributed by atoms with van der Waals surface area (Å²) in [6.07, 6.45) is 6.80. The van der Waals surface area contributed by atoms with Gasteiger partial charge in [-0.3, -0.25) is 19.5 Å². The summed E-state index contributed by atoms with van der Waals surface area (Å²) < 4.78 is 5.55. The number of allylic oxidation sites excluding steroid dienone is 2. The van der Waals surface area contributed by atoms with Crippen LogP contribution in [0.15, 0.2) is 41.4 Å². The fourth-order valence-electron chi connectivity index (χ4n) is 5.13. The van der Waals surface area contributed by atoms with Gasteiger partial charge >= 0.3 is 0 Å². The van der Waals surface area contributed by atoms with Crippen molar-refractivity contribution in [3.05, 3.63) is 42.0 Å². The molecule has 2 fully saturated rings. The van der Waals surface area contributed by atoms with Gasteiger partial charge in [0.15, 0.2) is 5.96 Å². The Hall–Kier alpha value is -2.10. The molecule has 32 heavy (non-hydrogen) atoms. The molecule has 0 radical (unpaired) electrons. The number of benzene rings is 1. The molecule has 1 heterocycles. The summed E-state index contributed by atoms with van der Waals surface area (Å²) in [5.74, 6) is 2.00. The Morgan fingerprint density at radius 3 is 2.47 bits per heavy atom. The van der Waals surface area contributed by atoms with Crippen molar-refractivity contribution in [1.29, 1.82) is 0 Å². The molecule has 8 heteroatoms. The van der Waals surface area contributed by atoms with Gasteiger partial charge in [-0.1, -0.05) is 24.3 Å². The highest BCUT2D eigenvalue weighted by Crippen LogP contribution is 2.52. The molecule has 2 N–H and O–H groups in total. The standard InChI is InChI=1S/C24H32N4O3.HI/c1-3-31-19-7-4-6-16(14-19)10-12-27-24(25-2)26-11-5-13-28-22(29)20-17-8-9-18(15-17)21(20)23(28)30;/h4,6-9,14,17-18,20-21H,3,5,10-13,15H2,1-2H3,(H2,25,26,27);1H. The Morgan fingerprint density at radius 2 is 1.81 bits per heavy atom. The molecule has 0 spiro atoms. The molecule has 1 aromatic carbocycles. The lowest BCUT2D eigenvalue weighted by molar-refractivity contribution is -0.140. The Morgan fingerprint density at radius 1 is 1.12 bits per heavy atom. The minimum absolute atomic E-state index is 0. The smallest absolute Gasteiger partial charge is 0.233 e. The number of fused-ring (bicyclic) bond motifs is 5. The number of aliphatic imine (C=N–C) groups is 1. The average molecular weight is 552 g/mol. The highest BCUT2D eigenvalue weighted by molar-refractivity contribution is 14.0. The molecule has 3 aliphatic rings. The van der Waals surface area contributed by atoms with E-state index in [1.54, 1.807) is 7.05 Å². The van der Waals surface area contributed by atoms with Gasteiger partial charge in [-0.25, -0.2) is 0 Å². The normalized spacial score (nSPS) is 25.7.